The zero-order chi connectivity index (χ0) is 26.6. The molecule has 0 amide bonds. The number of pyridine rings is 1. The number of piperazine rings is 1. The van der Waals surface area contributed by atoms with Crippen LogP contribution in [0.15, 0.2) is 43.0 Å². The van der Waals surface area contributed by atoms with Crippen LogP contribution in [0.25, 0.3) is 22.3 Å². The van der Waals surface area contributed by atoms with Crippen molar-refractivity contribution < 1.29 is 9.53 Å². The maximum atomic E-state index is 12.8. The summed E-state index contributed by atoms with van der Waals surface area (Å²) in [5.74, 6) is 0.203. The number of nitrogens with one attached hydrogen (secondary N) is 2. The Labute approximate surface area is 221 Å². The van der Waals surface area contributed by atoms with E-state index in [1.807, 2.05) is 23.7 Å². The number of carbonyl (C=O) groups is 1. The number of likely N-dealkylation sites (N-methyl/N-ethyl adjacent to an activating group) is 1. The summed E-state index contributed by atoms with van der Waals surface area (Å²) < 4.78 is 6.92. The summed E-state index contributed by atoms with van der Waals surface area (Å²) in [7, 11) is 7.16. The minimum Gasteiger partial charge on any atom is -0.464 e. The number of ether oxygens (including phenoxy) is 1. The predicted octanol–water partition coefficient (Wildman–Crippen LogP) is 2.79. The molecule has 0 spiro atoms. The van der Waals surface area contributed by atoms with Gasteiger partial charge in [0.15, 0.2) is 17.3 Å². The van der Waals surface area contributed by atoms with Crippen molar-refractivity contribution in [3.05, 3.63) is 54.2 Å². The number of rotatable bonds is 8. The molecule has 11 nitrogen and oxygen atoms in total. The molecule has 0 saturated carbocycles. The Balaban J connectivity index is 1.40. The van der Waals surface area contributed by atoms with E-state index in [1.165, 1.54) is 12.7 Å². The predicted molar refractivity (Wildman–Crippen MR) is 148 cm³/mol. The van der Waals surface area contributed by atoms with Crippen molar-refractivity contribution in [2.75, 3.05) is 64.6 Å². The highest BCUT2D eigenvalue weighted by atomic mass is 16.5. The topological polar surface area (TPSA) is 113 Å². The van der Waals surface area contributed by atoms with Crippen molar-refractivity contribution in [2.24, 2.45) is 7.05 Å². The van der Waals surface area contributed by atoms with Crippen LogP contribution in [0.5, 0.6) is 0 Å². The maximum absolute atomic E-state index is 12.8. The fourth-order valence-corrected chi connectivity index (χ4v) is 4.59. The van der Waals surface area contributed by atoms with E-state index in [-0.39, 0.29) is 5.69 Å². The maximum Gasteiger partial charge on any atom is 0.360 e. The van der Waals surface area contributed by atoms with E-state index in [2.05, 4.69) is 54.6 Å². The lowest BCUT2D eigenvalue weighted by molar-refractivity contribution is 0.0595. The summed E-state index contributed by atoms with van der Waals surface area (Å²) in [4.78, 5) is 35.9. The molecule has 5 rings (SSSR count). The van der Waals surface area contributed by atoms with Gasteiger partial charge >= 0.3 is 5.97 Å². The molecule has 1 aromatic carbocycles. The van der Waals surface area contributed by atoms with Gasteiger partial charge in [0, 0.05) is 58.7 Å². The molecule has 0 atom stereocenters. The van der Waals surface area contributed by atoms with Crippen molar-refractivity contribution in [2.45, 2.75) is 6.42 Å². The van der Waals surface area contributed by atoms with Gasteiger partial charge in [-0.25, -0.2) is 19.7 Å². The average molecular weight is 516 g/mol. The van der Waals surface area contributed by atoms with Crippen LogP contribution in [-0.2, 0) is 18.2 Å². The number of hydrogen-bond acceptors (Lipinski definition) is 10. The van der Waals surface area contributed by atoms with Crippen LogP contribution in [0.2, 0.25) is 0 Å². The van der Waals surface area contributed by atoms with Gasteiger partial charge in [-0.3, -0.25) is 4.98 Å². The zero-order valence-electron chi connectivity index (χ0n) is 22.2. The molecule has 1 fully saturated rings. The number of fused-ring (bicyclic) bond motifs is 1. The van der Waals surface area contributed by atoms with Gasteiger partial charge in [0.25, 0.3) is 0 Å². The molecule has 0 radical (unpaired) electrons. The average Bonchev–Trinajstić information content (AvgIpc) is 3.33. The fourth-order valence-electron chi connectivity index (χ4n) is 4.59. The number of methoxy groups -OCH3 is 1. The second-order valence-electron chi connectivity index (χ2n) is 9.49. The van der Waals surface area contributed by atoms with Gasteiger partial charge in [0.2, 0.25) is 0 Å². The molecule has 3 aromatic heterocycles. The van der Waals surface area contributed by atoms with Crippen molar-refractivity contribution in [1.29, 1.82) is 0 Å². The van der Waals surface area contributed by atoms with Gasteiger partial charge in [-0.2, -0.15) is 0 Å². The SMILES string of the molecule is CNc1nc(Nc2ccc(CCN3CCN(C)CC3)cc2)c(C(=O)OC)nc1-c1cncc2c1ncn2C. The molecule has 0 aliphatic carbocycles. The molecule has 0 unspecified atom stereocenters. The fraction of sp³-hybridized carbons (Fsp3) is 0.370. The van der Waals surface area contributed by atoms with Crippen LogP contribution < -0.4 is 10.6 Å². The summed E-state index contributed by atoms with van der Waals surface area (Å²) in [5, 5.41) is 6.35. The lowest BCUT2D eigenvalue weighted by Gasteiger charge is -2.32. The normalized spacial score (nSPS) is 14.5. The van der Waals surface area contributed by atoms with E-state index in [0.717, 1.165) is 55.9 Å². The van der Waals surface area contributed by atoms with Crippen LogP contribution >= 0.6 is 0 Å². The Bertz CT molecular complexity index is 1430. The number of nitrogens with zero attached hydrogens (tertiary/aromatic N) is 7. The Kier molecular flexibility index (Phi) is 7.47. The molecule has 1 saturated heterocycles. The van der Waals surface area contributed by atoms with Crippen LogP contribution in [0.3, 0.4) is 0 Å². The third-order valence-corrected chi connectivity index (χ3v) is 6.93. The molecule has 38 heavy (non-hydrogen) atoms. The zero-order valence-corrected chi connectivity index (χ0v) is 22.2. The van der Waals surface area contributed by atoms with Gasteiger partial charge in [0.05, 0.1) is 30.7 Å². The standard InChI is InChI=1S/C27H33N9O2/c1-28-25-23(20-15-29-16-21-22(20)30-17-35(21)3)32-24(27(37)38-4)26(33-25)31-19-7-5-18(6-8-19)9-10-36-13-11-34(2)12-14-36/h5-8,15-17H,9-14H2,1-4H3,(H2,28,31,33). The summed E-state index contributed by atoms with van der Waals surface area (Å²) >= 11 is 0. The molecular weight excluding hydrogens is 482 g/mol. The van der Waals surface area contributed by atoms with Crippen LogP contribution in [0, 0.1) is 0 Å². The van der Waals surface area contributed by atoms with Gasteiger partial charge in [-0.1, -0.05) is 12.1 Å². The Morgan fingerprint density at radius 2 is 1.79 bits per heavy atom. The number of imidazole rings is 1. The first kappa shape index (κ1) is 25.6. The first-order valence-electron chi connectivity index (χ1n) is 12.7. The highest BCUT2D eigenvalue weighted by Crippen LogP contribution is 2.32. The Morgan fingerprint density at radius 1 is 1.03 bits per heavy atom. The van der Waals surface area contributed by atoms with Gasteiger partial charge < -0.3 is 29.7 Å². The summed E-state index contributed by atoms with van der Waals surface area (Å²) in [6.45, 7) is 5.50. The van der Waals surface area contributed by atoms with E-state index < -0.39 is 5.97 Å². The first-order valence-corrected chi connectivity index (χ1v) is 12.7. The monoisotopic (exact) mass is 515 g/mol. The molecule has 4 aromatic rings. The number of hydrogen-bond donors (Lipinski definition) is 2. The van der Waals surface area contributed by atoms with Crippen molar-refractivity contribution in [3.8, 4) is 11.3 Å². The Hall–Kier alpha value is -4.09. The van der Waals surface area contributed by atoms with Crippen LogP contribution in [0.4, 0.5) is 17.3 Å². The summed E-state index contributed by atoms with van der Waals surface area (Å²) in [5.41, 5.74) is 4.84. The van der Waals surface area contributed by atoms with E-state index in [9.17, 15) is 4.79 Å². The number of aryl methyl sites for hydroxylation is 1. The lowest BCUT2D eigenvalue weighted by atomic mass is 10.1. The van der Waals surface area contributed by atoms with Crippen LogP contribution in [-0.4, -0.2) is 94.2 Å². The highest BCUT2D eigenvalue weighted by molar-refractivity contribution is 5.98. The van der Waals surface area contributed by atoms with Gasteiger partial charge in [-0.05, 0) is 31.2 Å². The molecule has 11 heteroatoms. The van der Waals surface area contributed by atoms with Crippen LogP contribution in [0.1, 0.15) is 16.1 Å². The summed E-state index contributed by atoms with van der Waals surface area (Å²) in [6.07, 6.45) is 6.12. The number of carbonyl (C=O) groups excluding carboxylic acids is 1. The van der Waals surface area contributed by atoms with Gasteiger partial charge in [-0.15, -0.1) is 0 Å². The van der Waals surface area contributed by atoms with Crippen molar-refractivity contribution in [1.82, 2.24) is 34.3 Å². The number of benzene rings is 1. The largest absolute Gasteiger partial charge is 0.464 e. The second-order valence-corrected chi connectivity index (χ2v) is 9.49. The molecule has 1 aliphatic heterocycles. The molecule has 0 bridgehead atoms. The smallest absolute Gasteiger partial charge is 0.360 e. The van der Waals surface area contributed by atoms with Gasteiger partial charge in [0.1, 0.15) is 11.2 Å². The molecule has 198 valence electrons. The third kappa shape index (κ3) is 5.29. The number of aromatic nitrogens is 5. The van der Waals surface area contributed by atoms with Crippen molar-refractivity contribution in [3.63, 3.8) is 0 Å². The number of esters is 1. The lowest BCUT2D eigenvalue weighted by Crippen LogP contribution is -2.45. The third-order valence-electron chi connectivity index (χ3n) is 6.93. The second kappa shape index (κ2) is 11.1. The van der Waals surface area contributed by atoms with E-state index in [4.69, 9.17) is 9.72 Å². The van der Waals surface area contributed by atoms with Crippen molar-refractivity contribution >= 4 is 34.3 Å². The Morgan fingerprint density at radius 3 is 2.50 bits per heavy atom. The molecular formula is C27H33N9O2. The molecule has 2 N–H and O–H groups in total. The highest BCUT2D eigenvalue weighted by Gasteiger charge is 2.23. The van der Waals surface area contributed by atoms with E-state index in [0.29, 0.717) is 22.9 Å². The number of anilines is 3. The first-order chi connectivity index (χ1) is 18.5. The van der Waals surface area contributed by atoms with E-state index in [1.54, 1.807) is 25.8 Å². The summed E-state index contributed by atoms with van der Waals surface area (Å²) in [6, 6.07) is 8.19. The van der Waals surface area contributed by atoms with E-state index >= 15 is 0 Å². The quantitative estimate of drug-likeness (QED) is 0.340. The minimum absolute atomic E-state index is 0.0774. The molecule has 4 heterocycles. The minimum atomic E-state index is -0.589. The molecule has 1 aliphatic rings.